The van der Waals surface area contributed by atoms with Crippen LogP contribution in [0.4, 0.5) is 10.1 Å². The minimum atomic E-state index is -0.425. The molecule has 2 fully saturated rings. The molecule has 0 aromatic heterocycles. The number of halogens is 3. The molecule has 3 atom stereocenters. The highest BCUT2D eigenvalue weighted by Gasteiger charge is 2.43. The van der Waals surface area contributed by atoms with Crippen molar-refractivity contribution >= 4 is 41.2 Å². The molecule has 3 N–H and O–H groups in total. The first-order valence-electron chi connectivity index (χ1n) is 13.4. The van der Waals surface area contributed by atoms with Gasteiger partial charge in [0, 0.05) is 40.3 Å². The van der Waals surface area contributed by atoms with Crippen LogP contribution in [0.25, 0.3) is 0 Å². The maximum absolute atomic E-state index is 14.6. The van der Waals surface area contributed by atoms with Gasteiger partial charge in [-0.2, -0.15) is 0 Å². The topological polar surface area (TPSA) is 70.2 Å². The largest absolute Gasteiger partial charge is 0.356 e. The van der Waals surface area contributed by atoms with Crippen LogP contribution in [-0.2, 0) is 9.59 Å². The van der Waals surface area contributed by atoms with Gasteiger partial charge in [0.25, 0.3) is 0 Å². The summed E-state index contributed by atoms with van der Waals surface area (Å²) in [7, 11) is 0. The molecule has 1 saturated heterocycles. The van der Waals surface area contributed by atoms with Crippen molar-refractivity contribution in [3.63, 3.8) is 0 Å². The number of carbonyl (C=O) groups is 2. The van der Waals surface area contributed by atoms with Gasteiger partial charge in [-0.15, -0.1) is 0 Å². The van der Waals surface area contributed by atoms with Gasteiger partial charge in [-0.25, -0.2) is 4.39 Å². The SMILES string of the molecule is CC.CC(C)(C)CC1NCC(c2cc(Cl)ccc2F)C1C(=O)Nc1cccc(Cl)c1.CC1CC(NC=O)C1. The number of anilines is 1. The first kappa shape index (κ1) is 32.1. The summed E-state index contributed by atoms with van der Waals surface area (Å²) in [5.41, 5.74) is 1.13. The summed E-state index contributed by atoms with van der Waals surface area (Å²) in [6, 6.07) is 12.0. The van der Waals surface area contributed by atoms with E-state index in [0.717, 1.165) is 18.7 Å². The minimum absolute atomic E-state index is 0.0218. The fraction of sp³-hybridized carbons (Fsp3) is 0.533. The van der Waals surface area contributed by atoms with Gasteiger partial charge in [0.2, 0.25) is 12.3 Å². The fourth-order valence-corrected chi connectivity index (χ4v) is 5.44. The summed E-state index contributed by atoms with van der Waals surface area (Å²) in [5, 5.41) is 10.1. The van der Waals surface area contributed by atoms with E-state index in [1.807, 2.05) is 13.8 Å². The van der Waals surface area contributed by atoms with E-state index >= 15 is 0 Å². The second kappa shape index (κ2) is 14.9. The summed E-state index contributed by atoms with van der Waals surface area (Å²) in [5.74, 6) is -0.386. The second-order valence-electron chi connectivity index (χ2n) is 11.1. The van der Waals surface area contributed by atoms with E-state index in [2.05, 4.69) is 43.6 Å². The molecule has 1 saturated carbocycles. The maximum Gasteiger partial charge on any atom is 0.229 e. The fourth-order valence-electron chi connectivity index (χ4n) is 5.07. The Morgan fingerprint density at radius 1 is 1.11 bits per heavy atom. The maximum atomic E-state index is 14.6. The van der Waals surface area contributed by atoms with Crippen LogP contribution < -0.4 is 16.0 Å². The Hall–Kier alpha value is -2.15. The van der Waals surface area contributed by atoms with Crippen LogP contribution in [0.1, 0.15) is 72.3 Å². The van der Waals surface area contributed by atoms with Crippen molar-refractivity contribution in [2.75, 3.05) is 11.9 Å². The van der Waals surface area contributed by atoms with Gasteiger partial charge in [-0.1, -0.05) is 70.8 Å². The average Bonchev–Trinajstić information content (AvgIpc) is 3.23. The van der Waals surface area contributed by atoms with Crippen molar-refractivity contribution < 1.29 is 14.0 Å². The van der Waals surface area contributed by atoms with Crippen molar-refractivity contribution in [3.8, 4) is 0 Å². The van der Waals surface area contributed by atoms with E-state index in [1.54, 1.807) is 30.3 Å². The Morgan fingerprint density at radius 2 is 1.76 bits per heavy atom. The lowest BCUT2D eigenvalue weighted by Crippen LogP contribution is -2.39. The van der Waals surface area contributed by atoms with Crippen molar-refractivity contribution in [1.29, 1.82) is 0 Å². The van der Waals surface area contributed by atoms with E-state index in [0.29, 0.717) is 33.9 Å². The number of nitrogens with one attached hydrogen (secondary N) is 3. The van der Waals surface area contributed by atoms with Crippen molar-refractivity contribution in [1.82, 2.24) is 10.6 Å². The second-order valence-corrected chi connectivity index (χ2v) is 12.0. The van der Waals surface area contributed by atoms with Gasteiger partial charge >= 0.3 is 0 Å². The molecule has 3 unspecified atom stereocenters. The van der Waals surface area contributed by atoms with E-state index in [1.165, 1.54) is 25.0 Å². The Morgan fingerprint density at radius 3 is 2.34 bits per heavy atom. The molecule has 0 bridgehead atoms. The zero-order valence-corrected chi connectivity index (χ0v) is 24.8. The summed E-state index contributed by atoms with van der Waals surface area (Å²) in [6.45, 7) is 13.1. The van der Waals surface area contributed by atoms with E-state index < -0.39 is 5.92 Å². The highest BCUT2D eigenvalue weighted by atomic mass is 35.5. The summed E-state index contributed by atoms with van der Waals surface area (Å²) in [6.07, 6.45) is 3.91. The molecule has 0 radical (unpaired) electrons. The predicted molar refractivity (Wildman–Crippen MR) is 156 cm³/mol. The molecule has 2 aliphatic rings. The highest BCUT2D eigenvalue weighted by molar-refractivity contribution is 6.31. The number of benzene rings is 2. The average molecular weight is 567 g/mol. The van der Waals surface area contributed by atoms with Crippen LogP contribution in [0.5, 0.6) is 0 Å². The molecule has 210 valence electrons. The zero-order chi connectivity index (χ0) is 28.5. The number of amides is 2. The van der Waals surface area contributed by atoms with Crippen LogP contribution in [-0.4, -0.2) is 30.9 Å². The Labute approximate surface area is 237 Å². The monoisotopic (exact) mass is 565 g/mol. The van der Waals surface area contributed by atoms with Gasteiger partial charge in [-0.3, -0.25) is 9.59 Å². The van der Waals surface area contributed by atoms with Crippen molar-refractivity contribution in [3.05, 3.63) is 63.9 Å². The van der Waals surface area contributed by atoms with Crippen molar-refractivity contribution in [2.45, 2.75) is 78.8 Å². The normalized spacial score (nSPS) is 24.1. The Kier molecular flexibility index (Phi) is 12.5. The molecular formula is C30H42Cl2FN3O2. The standard InChI is InChI=1S/C22H25Cl2FN2O.C6H11NO.C2H6/c1-22(2,3)11-19-20(21(28)27-15-6-4-5-13(23)9-15)17(12-26-19)16-10-14(24)7-8-18(16)25;1-5-2-6(3-5)7-4-8;1-2/h4-10,17,19-20,26H,11-12H2,1-3H3,(H,27,28);4-6H,2-3H2,1H3,(H,7,8);1-2H3. The molecule has 1 heterocycles. The van der Waals surface area contributed by atoms with Gasteiger partial charge < -0.3 is 16.0 Å². The van der Waals surface area contributed by atoms with Crippen LogP contribution in [0.2, 0.25) is 10.0 Å². The van der Waals surface area contributed by atoms with Crippen LogP contribution >= 0.6 is 23.2 Å². The molecule has 0 spiro atoms. The van der Waals surface area contributed by atoms with E-state index in [9.17, 15) is 14.0 Å². The lowest BCUT2D eigenvalue weighted by atomic mass is 9.78. The predicted octanol–water partition coefficient (Wildman–Crippen LogP) is 7.44. The van der Waals surface area contributed by atoms with Crippen LogP contribution in [0, 0.1) is 23.1 Å². The Bertz CT molecular complexity index is 1050. The van der Waals surface area contributed by atoms with E-state index in [4.69, 9.17) is 23.2 Å². The molecular weight excluding hydrogens is 524 g/mol. The highest BCUT2D eigenvalue weighted by Crippen LogP contribution is 2.39. The lowest BCUT2D eigenvalue weighted by Gasteiger charge is -2.31. The third-order valence-corrected chi connectivity index (χ3v) is 7.20. The molecule has 2 amide bonds. The number of hydrogen-bond donors (Lipinski definition) is 3. The van der Waals surface area contributed by atoms with Gasteiger partial charge in [-0.05, 0) is 72.6 Å². The number of carbonyl (C=O) groups excluding carboxylic acids is 2. The molecule has 1 aliphatic carbocycles. The molecule has 2 aromatic rings. The number of hydrogen-bond acceptors (Lipinski definition) is 3. The van der Waals surface area contributed by atoms with Crippen LogP contribution in [0.3, 0.4) is 0 Å². The molecule has 4 rings (SSSR count). The van der Waals surface area contributed by atoms with Crippen LogP contribution in [0.15, 0.2) is 42.5 Å². The Balaban J connectivity index is 0.000000428. The quantitative estimate of drug-likeness (QED) is 0.319. The van der Waals surface area contributed by atoms with Gasteiger partial charge in [0.1, 0.15) is 5.82 Å². The lowest BCUT2D eigenvalue weighted by molar-refractivity contribution is -0.120. The van der Waals surface area contributed by atoms with Gasteiger partial charge in [0.05, 0.1) is 5.92 Å². The minimum Gasteiger partial charge on any atom is -0.356 e. The number of rotatable bonds is 6. The summed E-state index contributed by atoms with van der Waals surface area (Å²) >= 11 is 12.1. The van der Waals surface area contributed by atoms with E-state index in [-0.39, 0.29) is 29.1 Å². The molecule has 8 heteroatoms. The molecule has 38 heavy (non-hydrogen) atoms. The third-order valence-electron chi connectivity index (χ3n) is 6.73. The third kappa shape index (κ3) is 9.55. The molecule has 1 aliphatic heterocycles. The summed E-state index contributed by atoms with van der Waals surface area (Å²) in [4.78, 5) is 23.1. The first-order valence-corrected chi connectivity index (χ1v) is 14.2. The first-order chi connectivity index (χ1) is 18.0. The van der Waals surface area contributed by atoms with Gasteiger partial charge in [0.15, 0.2) is 0 Å². The smallest absolute Gasteiger partial charge is 0.229 e. The molecule has 5 nitrogen and oxygen atoms in total. The zero-order valence-electron chi connectivity index (χ0n) is 23.3. The molecule has 2 aromatic carbocycles. The van der Waals surface area contributed by atoms with Crippen molar-refractivity contribution in [2.24, 2.45) is 17.3 Å². The summed E-state index contributed by atoms with van der Waals surface area (Å²) < 4.78 is 14.6.